The van der Waals surface area contributed by atoms with Gasteiger partial charge in [-0.05, 0) is 13.0 Å². The lowest BCUT2D eigenvalue weighted by Gasteiger charge is -2.21. The zero-order valence-corrected chi connectivity index (χ0v) is 8.19. The summed E-state index contributed by atoms with van der Waals surface area (Å²) in [5, 5.41) is 3.12. The molecule has 1 unspecified atom stereocenters. The maximum Gasteiger partial charge on any atom is 0.279 e. The van der Waals surface area contributed by atoms with Gasteiger partial charge < -0.3 is 5.32 Å². The maximum absolute atomic E-state index is 11.3. The van der Waals surface area contributed by atoms with E-state index in [0.717, 1.165) is 19.5 Å². The molecule has 0 aromatic carbocycles. The van der Waals surface area contributed by atoms with Crippen LogP contribution in [0.1, 0.15) is 6.42 Å². The Kier molecular flexibility index (Phi) is 3.05. The van der Waals surface area contributed by atoms with E-state index >= 15 is 0 Å². The van der Waals surface area contributed by atoms with Crippen molar-refractivity contribution >= 4 is 10.2 Å². The van der Waals surface area contributed by atoms with Crippen molar-refractivity contribution < 1.29 is 8.42 Å². The molecule has 2 N–H and O–H groups in total. The Labute approximate surface area is 73.3 Å². The molecule has 5 nitrogen and oxygen atoms in total. The van der Waals surface area contributed by atoms with E-state index in [4.69, 9.17) is 0 Å². The monoisotopic (exact) mass is 193 g/mol. The second kappa shape index (κ2) is 3.69. The fourth-order valence-corrected chi connectivity index (χ4v) is 2.15. The van der Waals surface area contributed by atoms with Crippen molar-refractivity contribution in [3.63, 3.8) is 0 Å². The Morgan fingerprint density at radius 2 is 2.25 bits per heavy atom. The Morgan fingerprint density at radius 3 is 2.67 bits per heavy atom. The standard InChI is InChI=1S/C6H15N3O2S/c1-7-12(10,11)9(2)6-3-4-8-5-6/h6-8H,3-5H2,1-2H3. The van der Waals surface area contributed by atoms with E-state index in [0.29, 0.717) is 0 Å². The second-order valence-corrected chi connectivity index (χ2v) is 4.81. The minimum Gasteiger partial charge on any atom is -0.315 e. The number of hydrogen-bond donors (Lipinski definition) is 2. The van der Waals surface area contributed by atoms with Crippen LogP contribution in [0.15, 0.2) is 0 Å². The van der Waals surface area contributed by atoms with Crippen LogP contribution < -0.4 is 10.0 Å². The molecule has 0 aliphatic carbocycles. The lowest BCUT2D eigenvalue weighted by Crippen LogP contribution is -2.43. The van der Waals surface area contributed by atoms with Gasteiger partial charge in [0.1, 0.15) is 0 Å². The van der Waals surface area contributed by atoms with Crippen molar-refractivity contribution in [2.75, 3.05) is 27.2 Å². The summed E-state index contributed by atoms with van der Waals surface area (Å²) >= 11 is 0. The Bertz CT molecular complexity index is 233. The predicted octanol–water partition coefficient (Wildman–Crippen LogP) is -1.26. The van der Waals surface area contributed by atoms with Gasteiger partial charge in [0.05, 0.1) is 0 Å². The van der Waals surface area contributed by atoms with Gasteiger partial charge >= 0.3 is 0 Å². The third-order valence-electron chi connectivity index (χ3n) is 2.19. The molecule has 6 heteroatoms. The van der Waals surface area contributed by atoms with Gasteiger partial charge in [0.2, 0.25) is 0 Å². The average molecular weight is 193 g/mol. The van der Waals surface area contributed by atoms with Crippen LogP contribution in [-0.2, 0) is 10.2 Å². The predicted molar refractivity (Wildman–Crippen MR) is 47.0 cm³/mol. The summed E-state index contributed by atoms with van der Waals surface area (Å²) in [6.45, 7) is 1.64. The highest BCUT2D eigenvalue weighted by Gasteiger charge is 2.26. The molecular formula is C6H15N3O2S. The van der Waals surface area contributed by atoms with E-state index in [2.05, 4.69) is 10.0 Å². The molecule has 0 aromatic heterocycles. The van der Waals surface area contributed by atoms with Gasteiger partial charge in [-0.25, -0.2) is 4.72 Å². The molecule has 1 fully saturated rings. The maximum atomic E-state index is 11.3. The first-order valence-corrected chi connectivity index (χ1v) is 5.39. The number of likely N-dealkylation sites (N-methyl/N-ethyl adjacent to an activating group) is 1. The van der Waals surface area contributed by atoms with E-state index in [1.54, 1.807) is 7.05 Å². The summed E-state index contributed by atoms with van der Waals surface area (Å²) in [6, 6.07) is 0.0995. The quantitative estimate of drug-likeness (QED) is 0.588. The smallest absolute Gasteiger partial charge is 0.279 e. The van der Waals surface area contributed by atoms with E-state index in [1.807, 2.05) is 0 Å². The lowest BCUT2D eigenvalue weighted by molar-refractivity contribution is 0.383. The Morgan fingerprint density at radius 1 is 1.58 bits per heavy atom. The van der Waals surface area contributed by atoms with Gasteiger partial charge in [0.15, 0.2) is 0 Å². The second-order valence-electron chi connectivity index (χ2n) is 2.87. The molecule has 1 heterocycles. The Balaban J connectivity index is 2.63. The molecule has 0 radical (unpaired) electrons. The normalized spacial score (nSPS) is 25.1. The zero-order valence-electron chi connectivity index (χ0n) is 7.37. The van der Waals surface area contributed by atoms with Gasteiger partial charge in [0.25, 0.3) is 10.2 Å². The van der Waals surface area contributed by atoms with Gasteiger partial charge in [-0.3, -0.25) is 0 Å². The minimum absolute atomic E-state index is 0.0995. The van der Waals surface area contributed by atoms with Gasteiger partial charge in [-0.15, -0.1) is 0 Å². The molecule has 1 saturated heterocycles. The zero-order chi connectivity index (χ0) is 9.19. The van der Waals surface area contributed by atoms with Gasteiger partial charge in [0, 0.05) is 26.7 Å². The van der Waals surface area contributed by atoms with Crippen LogP contribution >= 0.6 is 0 Å². The summed E-state index contributed by atoms with van der Waals surface area (Å²) in [5.74, 6) is 0. The molecular weight excluding hydrogens is 178 g/mol. The van der Waals surface area contributed by atoms with E-state index in [1.165, 1.54) is 11.4 Å². The van der Waals surface area contributed by atoms with Crippen molar-refractivity contribution in [3.8, 4) is 0 Å². The molecule has 1 rings (SSSR count). The molecule has 1 aliphatic heterocycles. The summed E-state index contributed by atoms with van der Waals surface area (Å²) in [6.07, 6.45) is 0.886. The van der Waals surface area contributed by atoms with Crippen molar-refractivity contribution in [2.24, 2.45) is 0 Å². The van der Waals surface area contributed by atoms with Crippen molar-refractivity contribution in [3.05, 3.63) is 0 Å². The molecule has 12 heavy (non-hydrogen) atoms. The van der Waals surface area contributed by atoms with Crippen LogP contribution in [0.5, 0.6) is 0 Å². The first-order chi connectivity index (χ1) is 5.58. The molecule has 0 saturated carbocycles. The van der Waals surface area contributed by atoms with Gasteiger partial charge in [-0.1, -0.05) is 0 Å². The van der Waals surface area contributed by atoms with Crippen molar-refractivity contribution in [2.45, 2.75) is 12.5 Å². The minimum atomic E-state index is -3.24. The largest absolute Gasteiger partial charge is 0.315 e. The van der Waals surface area contributed by atoms with E-state index in [-0.39, 0.29) is 6.04 Å². The summed E-state index contributed by atoms with van der Waals surface area (Å²) in [4.78, 5) is 0. The van der Waals surface area contributed by atoms with Crippen LogP contribution in [0.2, 0.25) is 0 Å². The molecule has 1 aliphatic rings. The molecule has 0 spiro atoms. The summed E-state index contributed by atoms with van der Waals surface area (Å²) in [5.41, 5.74) is 0. The van der Waals surface area contributed by atoms with Gasteiger partial charge in [-0.2, -0.15) is 12.7 Å². The highest BCUT2D eigenvalue weighted by atomic mass is 32.2. The molecule has 72 valence electrons. The number of rotatable bonds is 3. The van der Waals surface area contributed by atoms with E-state index < -0.39 is 10.2 Å². The molecule has 1 atom stereocenters. The SMILES string of the molecule is CNS(=O)(=O)N(C)C1CCNC1. The summed E-state index contributed by atoms with van der Waals surface area (Å²) in [7, 11) is -0.213. The molecule has 0 bridgehead atoms. The fraction of sp³-hybridized carbons (Fsp3) is 1.00. The van der Waals surface area contributed by atoms with Crippen LogP contribution in [-0.4, -0.2) is 45.9 Å². The van der Waals surface area contributed by atoms with Crippen LogP contribution in [0.3, 0.4) is 0 Å². The topological polar surface area (TPSA) is 61.4 Å². The van der Waals surface area contributed by atoms with Crippen LogP contribution in [0, 0.1) is 0 Å². The fourth-order valence-electron chi connectivity index (χ4n) is 1.29. The average Bonchev–Trinajstić information content (AvgIpc) is 2.55. The van der Waals surface area contributed by atoms with Crippen molar-refractivity contribution in [1.82, 2.24) is 14.3 Å². The number of hydrogen-bond acceptors (Lipinski definition) is 3. The highest BCUT2D eigenvalue weighted by molar-refractivity contribution is 7.87. The first kappa shape index (κ1) is 9.91. The third kappa shape index (κ3) is 1.95. The Hall–Kier alpha value is -0.170. The number of nitrogens with zero attached hydrogens (tertiary/aromatic N) is 1. The molecule has 0 aromatic rings. The lowest BCUT2D eigenvalue weighted by atomic mass is 10.3. The first-order valence-electron chi connectivity index (χ1n) is 3.95. The third-order valence-corrected chi connectivity index (χ3v) is 3.76. The van der Waals surface area contributed by atoms with Crippen molar-refractivity contribution in [1.29, 1.82) is 0 Å². The van der Waals surface area contributed by atoms with E-state index in [9.17, 15) is 8.42 Å². The highest BCUT2D eigenvalue weighted by Crippen LogP contribution is 2.08. The number of nitrogens with one attached hydrogen (secondary N) is 2. The molecule has 0 amide bonds. The summed E-state index contributed by atoms with van der Waals surface area (Å²) < 4.78 is 26.2. The van der Waals surface area contributed by atoms with Crippen LogP contribution in [0.4, 0.5) is 0 Å². The van der Waals surface area contributed by atoms with Crippen LogP contribution in [0.25, 0.3) is 0 Å².